The fraction of sp³-hybridized carbons (Fsp3) is 0.667. The first kappa shape index (κ1) is 14.7. The van der Waals surface area contributed by atoms with Gasteiger partial charge >= 0.3 is 0 Å². The van der Waals surface area contributed by atoms with Gasteiger partial charge in [0.1, 0.15) is 18.2 Å². The Morgan fingerprint density at radius 1 is 1.33 bits per heavy atom. The molecule has 0 amide bonds. The van der Waals surface area contributed by atoms with Gasteiger partial charge in [-0.1, -0.05) is 0 Å². The molecule has 1 aromatic rings. The molecule has 0 unspecified atom stereocenters. The van der Waals surface area contributed by atoms with Crippen LogP contribution in [0.25, 0.3) is 0 Å². The second kappa shape index (κ2) is 7.84. The second-order valence-electron chi connectivity index (χ2n) is 4.21. The summed E-state index contributed by atoms with van der Waals surface area (Å²) in [5.41, 5.74) is 5.74. The van der Waals surface area contributed by atoms with E-state index >= 15 is 0 Å². The van der Waals surface area contributed by atoms with Crippen LogP contribution in [0.2, 0.25) is 0 Å². The van der Waals surface area contributed by atoms with Crippen molar-refractivity contribution in [3.63, 3.8) is 0 Å². The first-order valence-corrected chi connectivity index (χ1v) is 6.11. The van der Waals surface area contributed by atoms with Gasteiger partial charge in [-0.3, -0.25) is 0 Å². The fourth-order valence-corrected chi connectivity index (χ4v) is 1.64. The lowest BCUT2D eigenvalue weighted by Gasteiger charge is -2.18. The largest absolute Gasteiger partial charge is 0.396 e. The minimum atomic E-state index is 0.252. The van der Waals surface area contributed by atoms with Gasteiger partial charge in [0.05, 0.1) is 0 Å². The minimum absolute atomic E-state index is 0.252. The highest BCUT2D eigenvalue weighted by molar-refractivity contribution is 5.46. The third-order valence-electron chi connectivity index (χ3n) is 2.59. The average molecular weight is 254 g/mol. The molecule has 102 valence electrons. The first-order valence-electron chi connectivity index (χ1n) is 6.11. The fourth-order valence-electron chi connectivity index (χ4n) is 1.64. The van der Waals surface area contributed by atoms with Crippen molar-refractivity contribution in [1.29, 1.82) is 0 Å². The predicted octanol–water partition coefficient (Wildman–Crippen LogP) is 0.804. The topological polar surface area (TPSA) is 84.5 Å². The molecule has 1 aromatic heterocycles. The third kappa shape index (κ3) is 4.85. The summed E-state index contributed by atoms with van der Waals surface area (Å²) in [5, 5.41) is 8.72. The Kier molecular flexibility index (Phi) is 6.38. The highest BCUT2D eigenvalue weighted by Crippen LogP contribution is 2.14. The molecule has 0 aromatic carbocycles. The molecule has 0 aliphatic carbocycles. The maximum Gasteiger partial charge on any atom is 0.158 e. The van der Waals surface area contributed by atoms with Crippen LogP contribution in [0.1, 0.15) is 25.1 Å². The Labute approximate surface area is 108 Å². The Morgan fingerprint density at radius 3 is 2.78 bits per heavy atom. The standard InChI is InChI=1S/C12H22N4O2/c1-16(6-4-3-5-7-17)12-8-10(13)14-11(15-12)9-18-2/h8,17H,3-7,9H2,1-2H3,(H2,13,14,15). The number of nitrogens with two attached hydrogens (primary N) is 1. The van der Waals surface area contributed by atoms with Crippen LogP contribution in [0.3, 0.4) is 0 Å². The zero-order valence-corrected chi connectivity index (χ0v) is 11.1. The van der Waals surface area contributed by atoms with Crippen molar-refractivity contribution in [2.45, 2.75) is 25.9 Å². The van der Waals surface area contributed by atoms with Gasteiger partial charge in [-0.2, -0.15) is 0 Å². The molecule has 18 heavy (non-hydrogen) atoms. The predicted molar refractivity (Wildman–Crippen MR) is 71.4 cm³/mol. The van der Waals surface area contributed by atoms with Crippen LogP contribution in [0, 0.1) is 0 Å². The van der Waals surface area contributed by atoms with E-state index in [0.29, 0.717) is 18.2 Å². The molecule has 0 bridgehead atoms. The Balaban J connectivity index is 2.58. The molecule has 0 fully saturated rings. The van der Waals surface area contributed by atoms with Gasteiger partial charge in [0, 0.05) is 33.4 Å². The van der Waals surface area contributed by atoms with E-state index in [1.165, 1.54) is 0 Å². The maximum atomic E-state index is 8.72. The van der Waals surface area contributed by atoms with Crippen molar-refractivity contribution in [2.24, 2.45) is 0 Å². The van der Waals surface area contributed by atoms with E-state index in [1.807, 2.05) is 11.9 Å². The molecular formula is C12H22N4O2. The van der Waals surface area contributed by atoms with Crippen LogP contribution < -0.4 is 10.6 Å². The van der Waals surface area contributed by atoms with Crippen molar-refractivity contribution in [3.8, 4) is 0 Å². The highest BCUT2D eigenvalue weighted by atomic mass is 16.5. The molecule has 3 N–H and O–H groups in total. The smallest absolute Gasteiger partial charge is 0.158 e. The number of unbranched alkanes of at least 4 members (excludes halogenated alkanes) is 2. The van der Waals surface area contributed by atoms with Crippen molar-refractivity contribution in [3.05, 3.63) is 11.9 Å². The van der Waals surface area contributed by atoms with Crippen LogP contribution >= 0.6 is 0 Å². The number of hydrogen-bond acceptors (Lipinski definition) is 6. The molecule has 0 aliphatic heterocycles. The van der Waals surface area contributed by atoms with Gasteiger partial charge in [-0.05, 0) is 19.3 Å². The number of hydrogen-bond donors (Lipinski definition) is 2. The lowest BCUT2D eigenvalue weighted by molar-refractivity contribution is 0.178. The van der Waals surface area contributed by atoms with E-state index in [1.54, 1.807) is 13.2 Å². The molecule has 0 saturated heterocycles. The number of anilines is 2. The monoisotopic (exact) mass is 254 g/mol. The SMILES string of the molecule is COCc1nc(N)cc(N(C)CCCCCO)n1. The van der Waals surface area contributed by atoms with Crippen molar-refractivity contribution in [1.82, 2.24) is 9.97 Å². The van der Waals surface area contributed by atoms with Crippen molar-refractivity contribution < 1.29 is 9.84 Å². The quantitative estimate of drug-likeness (QED) is 0.668. The molecule has 0 saturated carbocycles. The molecular weight excluding hydrogens is 232 g/mol. The van der Waals surface area contributed by atoms with Crippen LogP contribution in [-0.4, -0.2) is 42.4 Å². The second-order valence-corrected chi connectivity index (χ2v) is 4.21. The summed E-state index contributed by atoms with van der Waals surface area (Å²) < 4.78 is 5.00. The lowest BCUT2D eigenvalue weighted by atomic mass is 10.2. The Morgan fingerprint density at radius 2 is 2.11 bits per heavy atom. The normalized spacial score (nSPS) is 10.6. The molecule has 6 heteroatoms. The number of rotatable bonds is 8. The summed E-state index contributed by atoms with van der Waals surface area (Å²) in [5.74, 6) is 1.85. The molecule has 6 nitrogen and oxygen atoms in total. The van der Waals surface area contributed by atoms with Gasteiger partial charge in [0.2, 0.25) is 0 Å². The summed E-state index contributed by atoms with van der Waals surface area (Å²) >= 11 is 0. The highest BCUT2D eigenvalue weighted by Gasteiger charge is 2.06. The van der Waals surface area contributed by atoms with E-state index in [4.69, 9.17) is 15.6 Å². The number of aromatic nitrogens is 2. The van der Waals surface area contributed by atoms with Crippen LogP contribution in [0.15, 0.2) is 6.07 Å². The van der Waals surface area contributed by atoms with Gasteiger partial charge in [-0.25, -0.2) is 9.97 Å². The van der Waals surface area contributed by atoms with Gasteiger partial charge in [-0.15, -0.1) is 0 Å². The van der Waals surface area contributed by atoms with Gasteiger partial charge in [0.25, 0.3) is 0 Å². The Bertz CT molecular complexity index is 360. The van der Waals surface area contributed by atoms with Gasteiger partial charge in [0.15, 0.2) is 5.82 Å². The maximum absolute atomic E-state index is 8.72. The van der Waals surface area contributed by atoms with Crippen LogP contribution in [0.4, 0.5) is 11.6 Å². The number of methoxy groups -OCH3 is 1. The number of ether oxygens (including phenoxy) is 1. The molecule has 0 radical (unpaired) electrons. The lowest BCUT2D eigenvalue weighted by Crippen LogP contribution is -2.21. The zero-order chi connectivity index (χ0) is 13.4. The number of aliphatic hydroxyl groups excluding tert-OH is 1. The summed E-state index contributed by atoms with van der Waals surface area (Å²) in [7, 11) is 3.57. The van der Waals surface area contributed by atoms with Crippen LogP contribution in [0.5, 0.6) is 0 Å². The minimum Gasteiger partial charge on any atom is -0.396 e. The molecule has 0 aliphatic rings. The zero-order valence-electron chi connectivity index (χ0n) is 11.1. The van der Waals surface area contributed by atoms with E-state index in [-0.39, 0.29) is 6.61 Å². The number of nitrogen functional groups attached to an aromatic ring is 1. The first-order chi connectivity index (χ1) is 8.67. The van der Waals surface area contributed by atoms with Crippen molar-refractivity contribution in [2.75, 3.05) is 37.9 Å². The molecule has 0 spiro atoms. The average Bonchev–Trinajstić information content (AvgIpc) is 2.34. The van der Waals surface area contributed by atoms with Crippen LogP contribution in [-0.2, 0) is 11.3 Å². The Hall–Kier alpha value is -1.40. The molecule has 1 heterocycles. The third-order valence-corrected chi connectivity index (χ3v) is 2.59. The molecule has 0 atom stereocenters. The summed E-state index contributed by atoms with van der Waals surface area (Å²) in [4.78, 5) is 10.5. The summed E-state index contributed by atoms with van der Waals surface area (Å²) in [6, 6.07) is 1.76. The summed E-state index contributed by atoms with van der Waals surface area (Å²) in [6.07, 6.45) is 2.86. The number of nitrogens with zero attached hydrogens (tertiary/aromatic N) is 3. The molecule has 1 rings (SSSR count). The van der Waals surface area contributed by atoms with Gasteiger partial charge < -0.3 is 20.5 Å². The van der Waals surface area contributed by atoms with Crippen molar-refractivity contribution >= 4 is 11.6 Å². The van der Waals surface area contributed by atoms with E-state index in [2.05, 4.69) is 9.97 Å². The summed E-state index contributed by atoms with van der Waals surface area (Å²) in [6.45, 7) is 1.49. The number of aliphatic hydroxyl groups is 1. The van der Waals surface area contributed by atoms with E-state index < -0.39 is 0 Å². The van der Waals surface area contributed by atoms with E-state index in [0.717, 1.165) is 31.6 Å². The van der Waals surface area contributed by atoms with E-state index in [9.17, 15) is 0 Å².